The Kier molecular flexibility index (Phi) is 3.51. The number of hydrogen-bond donors (Lipinski definition) is 1. The predicted octanol–water partition coefficient (Wildman–Crippen LogP) is 3.52. The molecule has 0 radical (unpaired) electrons. The SMILES string of the molecule is CCNC(c1coc2ccccc12)c1c(Cl)cnn1C. The minimum atomic E-state index is -0.0383. The van der Waals surface area contributed by atoms with Crippen molar-refractivity contribution in [1.29, 1.82) is 0 Å². The zero-order valence-electron chi connectivity index (χ0n) is 11.4. The minimum absolute atomic E-state index is 0.0383. The smallest absolute Gasteiger partial charge is 0.134 e. The lowest BCUT2D eigenvalue weighted by Crippen LogP contribution is -2.24. The van der Waals surface area contributed by atoms with E-state index >= 15 is 0 Å². The Balaban J connectivity index is 2.16. The van der Waals surface area contributed by atoms with Crippen LogP contribution in [0.4, 0.5) is 0 Å². The van der Waals surface area contributed by atoms with Crippen LogP contribution in [0.15, 0.2) is 41.1 Å². The molecule has 0 bridgehead atoms. The molecule has 0 aliphatic heterocycles. The third-order valence-electron chi connectivity index (χ3n) is 3.44. The van der Waals surface area contributed by atoms with Crippen molar-refractivity contribution in [3.63, 3.8) is 0 Å². The van der Waals surface area contributed by atoms with Gasteiger partial charge in [0.25, 0.3) is 0 Å². The van der Waals surface area contributed by atoms with Crippen LogP contribution in [-0.4, -0.2) is 16.3 Å². The quantitative estimate of drug-likeness (QED) is 0.799. The molecule has 0 saturated carbocycles. The van der Waals surface area contributed by atoms with Crippen LogP contribution in [0.5, 0.6) is 0 Å². The summed E-state index contributed by atoms with van der Waals surface area (Å²) in [6, 6.07) is 7.96. The lowest BCUT2D eigenvalue weighted by atomic mass is 10.0. The zero-order chi connectivity index (χ0) is 14.1. The first-order valence-corrected chi connectivity index (χ1v) is 6.97. The molecule has 4 nitrogen and oxygen atoms in total. The van der Waals surface area contributed by atoms with E-state index in [1.165, 1.54) is 0 Å². The molecule has 0 aliphatic carbocycles. The first kappa shape index (κ1) is 13.2. The zero-order valence-corrected chi connectivity index (χ0v) is 12.2. The maximum absolute atomic E-state index is 6.29. The first-order chi connectivity index (χ1) is 9.72. The van der Waals surface area contributed by atoms with Crippen LogP contribution in [0.2, 0.25) is 5.02 Å². The van der Waals surface area contributed by atoms with Crippen molar-refractivity contribution in [2.75, 3.05) is 6.54 Å². The lowest BCUT2D eigenvalue weighted by molar-refractivity contribution is 0.556. The topological polar surface area (TPSA) is 43.0 Å². The first-order valence-electron chi connectivity index (χ1n) is 6.59. The highest BCUT2D eigenvalue weighted by Gasteiger charge is 2.23. The normalized spacial score (nSPS) is 12.9. The average molecular weight is 290 g/mol. The van der Waals surface area contributed by atoms with Gasteiger partial charge in [0, 0.05) is 18.0 Å². The molecule has 1 aromatic carbocycles. The number of benzene rings is 1. The average Bonchev–Trinajstić information content (AvgIpc) is 3.01. The van der Waals surface area contributed by atoms with Crippen LogP contribution in [0, 0.1) is 0 Å². The van der Waals surface area contributed by atoms with E-state index in [1.807, 2.05) is 25.2 Å². The van der Waals surface area contributed by atoms with Gasteiger partial charge in [0.1, 0.15) is 5.58 Å². The summed E-state index contributed by atoms with van der Waals surface area (Å²) in [5.41, 5.74) is 2.90. The van der Waals surface area contributed by atoms with Gasteiger partial charge in [-0.25, -0.2) is 0 Å². The number of aromatic nitrogens is 2. The standard InChI is InChI=1S/C15H16ClN3O/c1-3-17-14(15-12(16)8-18-19(15)2)11-9-20-13-7-5-4-6-10(11)13/h4-9,14,17H,3H2,1-2H3. The fraction of sp³-hybridized carbons (Fsp3) is 0.267. The third-order valence-corrected chi connectivity index (χ3v) is 3.73. The molecule has 0 aliphatic rings. The van der Waals surface area contributed by atoms with Gasteiger partial charge in [0.15, 0.2) is 0 Å². The van der Waals surface area contributed by atoms with Crippen molar-refractivity contribution < 1.29 is 4.42 Å². The number of hydrogen-bond acceptors (Lipinski definition) is 3. The summed E-state index contributed by atoms with van der Waals surface area (Å²) in [5, 5.41) is 9.43. The highest BCUT2D eigenvalue weighted by atomic mass is 35.5. The molecule has 2 heterocycles. The van der Waals surface area contributed by atoms with E-state index in [0.717, 1.165) is 28.8 Å². The number of halogens is 1. The van der Waals surface area contributed by atoms with E-state index in [2.05, 4.69) is 23.4 Å². The van der Waals surface area contributed by atoms with Gasteiger partial charge >= 0.3 is 0 Å². The van der Waals surface area contributed by atoms with Crippen molar-refractivity contribution in [3.8, 4) is 0 Å². The largest absolute Gasteiger partial charge is 0.464 e. The molecule has 3 rings (SSSR count). The number of para-hydroxylation sites is 1. The summed E-state index contributed by atoms with van der Waals surface area (Å²) in [4.78, 5) is 0. The van der Waals surface area contributed by atoms with Gasteiger partial charge in [0.05, 0.1) is 29.2 Å². The molecule has 1 N–H and O–H groups in total. The molecule has 1 unspecified atom stereocenters. The fourth-order valence-corrected chi connectivity index (χ4v) is 2.80. The van der Waals surface area contributed by atoms with Crippen LogP contribution in [-0.2, 0) is 7.05 Å². The van der Waals surface area contributed by atoms with E-state index in [1.54, 1.807) is 17.1 Å². The molecular weight excluding hydrogens is 274 g/mol. The molecule has 20 heavy (non-hydrogen) atoms. The summed E-state index contributed by atoms with van der Waals surface area (Å²) >= 11 is 6.29. The molecule has 1 atom stereocenters. The predicted molar refractivity (Wildman–Crippen MR) is 80.0 cm³/mol. The van der Waals surface area contributed by atoms with Gasteiger partial charge in [-0.1, -0.05) is 36.7 Å². The van der Waals surface area contributed by atoms with Crippen LogP contribution in [0.25, 0.3) is 11.0 Å². The second kappa shape index (κ2) is 5.31. The van der Waals surface area contributed by atoms with E-state index in [4.69, 9.17) is 16.0 Å². The second-order valence-electron chi connectivity index (χ2n) is 4.68. The van der Waals surface area contributed by atoms with Crippen molar-refractivity contribution in [2.24, 2.45) is 7.05 Å². The van der Waals surface area contributed by atoms with E-state index < -0.39 is 0 Å². The number of nitrogens with zero attached hydrogens (tertiary/aromatic N) is 2. The van der Waals surface area contributed by atoms with Crippen LogP contribution in [0.3, 0.4) is 0 Å². The molecule has 3 aromatic rings. The van der Waals surface area contributed by atoms with Gasteiger partial charge in [-0.05, 0) is 12.6 Å². The highest BCUT2D eigenvalue weighted by Crippen LogP contribution is 2.33. The lowest BCUT2D eigenvalue weighted by Gasteiger charge is -2.18. The number of nitrogens with one attached hydrogen (secondary N) is 1. The number of rotatable bonds is 4. The fourth-order valence-electron chi connectivity index (χ4n) is 2.52. The summed E-state index contributed by atoms with van der Waals surface area (Å²) < 4.78 is 7.44. The molecule has 104 valence electrons. The van der Waals surface area contributed by atoms with E-state index in [-0.39, 0.29) is 6.04 Å². The summed E-state index contributed by atoms with van der Waals surface area (Å²) in [5.74, 6) is 0. The Hall–Kier alpha value is -1.78. The Morgan fingerprint density at radius 2 is 2.20 bits per heavy atom. The third kappa shape index (κ3) is 2.11. The number of aryl methyl sites for hydroxylation is 1. The monoisotopic (exact) mass is 289 g/mol. The van der Waals surface area contributed by atoms with Crippen LogP contribution < -0.4 is 5.32 Å². The van der Waals surface area contributed by atoms with Crippen LogP contribution >= 0.6 is 11.6 Å². The molecule has 0 saturated heterocycles. The second-order valence-corrected chi connectivity index (χ2v) is 5.09. The van der Waals surface area contributed by atoms with E-state index in [0.29, 0.717) is 5.02 Å². The highest BCUT2D eigenvalue weighted by molar-refractivity contribution is 6.31. The minimum Gasteiger partial charge on any atom is -0.464 e. The maximum atomic E-state index is 6.29. The summed E-state index contributed by atoms with van der Waals surface area (Å²) in [6.07, 6.45) is 3.46. The van der Waals surface area contributed by atoms with Gasteiger partial charge in [-0.3, -0.25) is 4.68 Å². The molecule has 0 spiro atoms. The van der Waals surface area contributed by atoms with Gasteiger partial charge in [-0.2, -0.15) is 5.10 Å². The van der Waals surface area contributed by atoms with Crippen molar-refractivity contribution in [1.82, 2.24) is 15.1 Å². The number of furan rings is 1. The summed E-state index contributed by atoms with van der Waals surface area (Å²) in [7, 11) is 1.90. The Morgan fingerprint density at radius 1 is 1.40 bits per heavy atom. The molecular formula is C15H16ClN3O. The van der Waals surface area contributed by atoms with Gasteiger partial charge < -0.3 is 9.73 Å². The number of fused-ring (bicyclic) bond motifs is 1. The van der Waals surface area contributed by atoms with Gasteiger partial charge in [-0.15, -0.1) is 0 Å². The van der Waals surface area contributed by atoms with Crippen LogP contribution in [0.1, 0.15) is 24.2 Å². The van der Waals surface area contributed by atoms with Crippen molar-refractivity contribution >= 4 is 22.6 Å². The van der Waals surface area contributed by atoms with Crippen molar-refractivity contribution in [2.45, 2.75) is 13.0 Å². The molecule has 0 amide bonds. The molecule has 2 aromatic heterocycles. The Bertz CT molecular complexity index is 712. The Labute approximate surface area is 122 Å². The Morgan fingerprint density at radius 3 is 2.90 bits per heavy atom. The van der Waals surface area contributed by atoms with Crippen molar-refractivity contribution in [3.05, 3.63) is 53.0 Å². The molecule has 5 heteroatoms. The van der Waals surface area contributed by atoms with E-state index in [9.17, 15) is 0 Å². The van der Waals surface area contributed by atoms with Gasteiger partial charge in [0.2, 0.25) is 0 Å². The summed E-state index contributed by atoms with van der Waals surface area (Å²) in [6.45, 7) is 2.89. The maximum Gasteiger partial charge on any atom is 0.134 e. The molecule has 0 fully saturated rings.